The van der Waals surface area contributed by atoms with Gasteiger partial charge in [0, 0.05) is 18.7 Å². The van der Waals surface area contributed by atoms with Crippen molar-refractivity contribution in [2.75, 3.05) is 13.1 Å². The van der Waals surface area contributed by atoms with Gasteiger partial charge < -0.3 is 9.92 Å². The topological polar surface area (TPSA) is 40.5 Å². The maximum Gasteiger partial charge on any atom is 0.327 e. The van der Waals surface area contributed by atoms with Crippen LogP contribution in [0.3, 0.4) is 0 Å². The number of carbonyl (C=O) groups is 1. The lowest BCUT2D eigenvalue weighted by Gasteiger charge is -2.19. The van der Waals surface area contributed by atoms with Crippen molar-refractivity contribution in [1.29, 1.82) is 0 Å². The minimum atomic E-state index is -0.0408. The zero-order chi connectivity index (χ0) is 11.3. The third kappa shape index (κ3) is 2.60. The molecule has 1 N–H and O–H groups in total. The molecule has 0 aliphatic rings. The molecule has 0 heterocycles. The van der Waals surface area contributed by atoms with Crippen LogP contribution in [0.25, 0.3) is 0 Å². The van der Waals surface area contributed by atoms with Crippen molar-refractivity contribution in [3.05, 3.63) is 29.8 Å². The van der Waals surface area contributed by atoms with Crippen LogP contribution in [-0.2, 0) is 0 Å². The van der Waals surface area contributed by atoms with Crippen molar-refractivity contribution >= 4 is 18.9 Å². The lowest BCUT2D eigenvalue weighted by atomic mass is 9.84. The van der Waals surface area contributed by atoms with Gasteiger partial charge >= 0.3 is 7.48 Å². The van der Waals surface area contributed by atoms with Crippen LogP contribution in [0.5, 0.6) is 0 Å². The average molecular weight is 204 g/mol. The molecule has 0 saturated carbocycles. The summed E-state index contributed by atoms with van der Waals surface area (Å²) < 4.78 is 0. The summed E-state index contributed by atoms with van der Waals surface area (Å²) in [6.07, 6.45) is 0. The molecule has 0 aliphatic heterocycles. The lowest BCUT2D eigenvalue weighted by molar-refractivity contribution is 0.0774. The van der Waals surface area contributed by atoms with Crippen LogP contribution >= 0.6 is 0 Å². The SMILES string of the molecule is CCN(CC)C(=O)c1ccccc1[B]O. The van der Waals surface area contributed by atoms with Gasteiger partial charge in [-0.1, -0.05) is 18.2 Å². The lowest BCUT2D eigenvalue weighted by Crippen LogP contribution is -2.35. The number of benzene rings is 1. The fourth-order valence-electron chi connectivity index (χ4n) is 1.49. The second-order valence-corrected chi connectivity index (χ2v) is 3.19. The first-order chi connectivity index (χ1) is 7.24. The minimum Gasteiger partial charge on any atom is -0.450 e. The maximum atomic E-state index is 12.0. The van der Waals surface area contributed by atoms with Gasteiger partial charge in [0.15, 0.2) is 0 Å². The van der Waals surface area contributed by atoms with E-state index in [1.54, 1.807) is 29.2 Å². The molecule has 1 amide bonds. The Balaban J connectivity index is 2.99. The highest BCUT2D eigenvalue weighted by Gasteiger charge is 2.15. The van der Waals surface area contributed by atoms with Gasteiger partial charge in [0.05, 0.1) is 0 Å². The van der Waals surface area contributed by atoms with Gasteiger partial charge in [-0.25, -0.2) is 0 Å². The van der Waals surface area contributed by atoms with E-state index in [4.69, 9.17) is 5.02 Å². The molecule has 1 radical (unpaired) electrons. The number of hydrogen-bond donors (Lipinski definition) is 1. The highest BCUT2D eigenvalue weighted by molar-refractivity contribution is 6.48. The molecule has 0 bridgehead atoms. The summed E-state index contributed by atoms with van der Waals surface area (Å²) in [5.41, 5.74) is 1.11. The Morgan fingerprint density at radius 3 is 2.47 bits per heavy atom. The highest BCUT2D eigenvalue weighted by atomic mass is 16.2. The standard InChI is InChI=1S/C11H15BNO2/c1-3-13(4-2)11(14)9-7-5-6-8-10(9)12-15/h5-8,15H,3-4H2,1-2H3. The summed E-state index contributed by atoms with van der Waals surface area (Å²) in [5.74, 6) is -0.0408. The zero-order valence-corrected chi connectivity index (χ0v) is 9.10. The zero-order valence-electron chi connectivity index (χ0n) is 9.10. The van der Waals surface area contributed by atoms with E-state index in [0.29, 0.717) is 24.1 Å². The third-order valence-corrected chi connectivity index (χ3v) is 2.38. The van der Waals surface area contributed by atoms with Crippen LogP contribution in [-0.4, -0.2) is 36.4 Å². The Hall–Kier alpha value is -1.29. The van der Waals surface area contributed by atoms with Crippen LogP contribution < -0.4 is 5.46 Å². The Morgan fingerprint density at radius 1 is 1.33 bits per heavy atom. The Morgan fingerprint density at radius 2 is 1.93 bits per heavy atom. The predicted molar refractivity (Wildman–Crippen MR) is 61.3 cm³/mol. The number of nitrogens with zero attached hydrogens (tertiary/aromatic N) is 1. The first-order valence-corrected chi connectivity index (χ1v) is 5.10. The molecule has 15 heavy (non-hydrogen) atoms. The van der Waals surface area contributed by atoms with Crippen molar-refractivity contribution in [3.63, 3.8) is 0 Å². The predicted octanol–water partition coefficient (Wildman–Crippen LogP) is 0.405. The Labute approximate surface area is 91.0 Å². The van der Waals surface area contributed by atoms with Crippen molar-refractivity contribution in [2.45, 2.75) is 13.8 Å². The molecule has 0 fully saturated rings. The van der Waals surface area contributed by atoms with E-state index >= 15 is 0 Å². The van der Waals surface area contributed by atoms with E-state index in [2.05, 4.69) is 0 Å². The van der Waals surface area contributed by atoms with Gasteiger partial charge in [-0.3, -0.25) is 4.79 Å². The van der Waals surface area contributed by atoms with Gasteiger partial charge in [0.1, 0.15) is 0 Å². The third-order valence-electron chi connectivity index (χ3n) is 2.38. The molecule has 0 aromatic heterocycles. The van der Waals surface area contributed by atoms with Crippen LogP contribution in [0.1, 0.15) is 24.2 Å². The smallest absolute Gasteiger partial charge is 0.327 e. The molecule has 0 saturated heterocycles. The van der Waals surface area contributed by atoms with Crippen molar-refractivity contribution < 1.29 is 9.82 Å². The maximum absolute atomic E-state index is 12.0. The number of hydrogen-bond acceptors (Lipinski definition) is 2. The summed E-state index contributed by atoms with van der Waals surface area (Å²) in [6.45, 7) is 5.23. The second kappa shape index (κ2) is 5.56. The normalized spacial score (nSPS) is 9.80. The summed E-state index contributed by atoms with van der Waals surface area (Å²) in [6, 6.07) is 7.03. The molecule has 0 spiro atoms. The van der Waals surface area contributed by atoms with E-state index in [1.165, 1.54) is 0 Å². The number of rotatable bonds is 4. The molecule has 79 valence electrons. The first-order valence-electron chi connectivity index (χ1n) is 5.10. The number of carbonyl (C=O) groups excluding carboxylic acids is 1. The van der Waals surface area contributed by atoms with Crippen LogP contribution in [0.2, 0.25) is 0 Å². The minimum absolute atomic E-state index is 0.0408. The molecular formula is C11H15BNO2. The molecule has 1 aromatic rings. The quantitative estimate of drug-likeness (QED) is 0.721. The second-order valence-electron chi connectivity index (χ2n) is 3.19. The largest absolute Gasteiger partial charge is 0.450 e. The van der Waals surface area contributed by atoms with E-state index < -0.39 is 0 Å². The van der Waals surface area contributed by atoms with Gasteiger partial charge in [0.2, 0.25) is 0 Å². The molecule has 0 unspecified atom stereocenters. The molecule has 0 aliphatic carbocycles. The van der Waals surface area contributed by atoms with Crippen LogP contribution in [0.15, 0.2) is 24.3 Å². The van der Waals surface area contributed by atoms with Crippen LogP contribution in [0, 0.1) is 0 Å². The summed E-state index contributed by atoms with van der Waals surface area (Å²) in [5, 5.41) is 9.00. The van der Waals surface area contributed by atoms with Crippen LogP contribution in [0.4, 0.5) is 0 Å². The monoisotopic (exact) mass is 204 g/mol. The fraction of sp³-hybridized carbons (Fsp3) is 0.364. The summed E-state index contributed by atoms with van der Waals surface area (Å²) in [7, 11) is 0.969. The van der Waals surface area contributed by atoms with Crippen molar-refractivity contribution in [1.82, 2.24) is 4.90 Å². The molecular weight excluding hydrogens is 189 g/mol. The average Bonchev–Trinajstić information content (AvgIpc) is 2.30. The highest BCUT2D eigenvalue weighted by Crippen LogP contribution is 2.02. The molecule has 1 aromatic carbocycles. The molecule has 0 atom stereocenters. The van der Waals surface area contributed by atoms with E-state index in [-0.39, 0.29) is 5.91 Å². The van der Waals surface area contributed by atoms with E-state index in [0.717, 1.165) is 7.48 Å². The van der Waals surface area contributed by atoms with E-state index in [9.17, 15) is 4.79 Å². The fourth-order valence-corrected chi connectivity index (χ4v) is 1.49. The summed E-state index contributed by atoms with van der Waals surface area (Å²) >= 11 is 0. The summed E-state index contributed by atoms with van der Waals surface area (Å²) in [4.78, 5) is 13.7. The van der Waals surface area contributed by atoms with Gasteiger partial charge in [-0.2, -0.15) is 0 Å². The molecule has 1 rings (SSSR count). The van der Waals surface area contributed by atoms with Crippen molar-refractivity contribution in [3.8, 4) is 0 Å². The molecule has 4 heteroatoms. The van der Waals surface area contributed by atoms with Crippen molar-refractivity contribution in [2.24, 2.45) is 0 Å². The van der Waals surface area contributed by atoms with E-state index in [1.807, 2.05) is 13.8 Å². The molecule has 3 nitrogen and oxygen atoms in total. The van der Waals surface area contributed by atoms with Gasteiger partial charge in [-0.05, 0) is 25.4 Å². The first kappa shape index (κ1) is 11.8. The number of amides is 1. The van der Waals surface area contributed by atoms with Gasteiger partial charge in [-0.15, -0.1) is 0 Å². The van der Waals surface area contributed by atoms with Gasteiger partial charge in [0.25, 0.3) is 5.91 Å². The Kier molecular flexibility index (Phi) is 4.37. The Bertz CT molecular complexity index is 337.